The molecule has 5 atom stereocenters. The quantitative estimate of drug-likeness (QED) is 0.721. The van der Waals surface area contributed by atoms with Crippen LogP contribution >= 0.6 is 0 Å². The van der Waals surface area contributed by atoms with Gasteiger partial charge in [-0.2, -0.15) is 0 Å². The molecule has 94 valence electrons. The van der Waals surface area contributed by atoms with Gasteiger partial charge in [0, 0.05) is 6.04 Å². The lowest BCUT2D eigenvalue weighted by Crippen LogP contribution is -2.31. The maximum absolute atomic E-state index is 3.55. The van der Waals surface area contributed by atoms with E-state index in [2.05, 4.69) is 26.2 Å². The average molecular weight is 223 g/mol. The van der Waals surface area contributed by atoms with E-state index in [1.807, 2.05) is 0 Å². The van der Waals surface area contributed by atoms with Crippen molar-refractivity contribution >= 4 is 0 Å². The fraction of sp³-hybridized carbons (Fsp3) is 1.00. The summed E-state index contributed by atoms with van der Waals surface area (Å²) in [4.78, 5) is 0. The van der Waals surface area contributed by atoms with Crippen molar-refractivity contribution in [2.75, 3.05) is 7.05 Å². The summed E-state index contributed by atoms with van der Waals surface area (Å²) in [6.07, 6.45) is 10.3. The first-order valence-corrected chi connectivity index (χ1v) is 7.40. The van der Waals surface area contributed by atoms with Crippen molar-refractivity contribution in [1.82, 2.24) is 5.32 Å². The van der Waals surface area contributed by atoms with Crippen LogP contribution in [0.1, 0.15) is 58.8 Å². The van der Waals surface area contributed by atoms with Crippen LogP contribution in [0.2, 0.25) is 0 Å². The molecule has 0 radical (unpaired) electrons. The van der Waals surface area contributed by atoms with E-state index in [0.717, 1.165) is 29.7 Å². The molecule has 1 nitrogen and oxygen atoms in total. The summed E-state index contributed by atoms with van der Waals surface area (Å²) in [5.74, 6) is 4.14. The summed E-state index contributed by atoms with van der Waals surface area (Å²) >= 11 is 0. The minimum atomic E-state index is 0.777. The molecule has 0 aromatic heterocycles. The molecule has 2 rings (SSSR count). The highest BCUT2D eigenvalue weighted by Gasteiger charge is 2.39. The van der Waals surface area contributed by atoms with Crippen molar-refractivity contribution in [3.8, 4) is 0 Å². The summed E-state index contributed by atoms with van der Waals surface area (Å²) < 4.78 is 0. The summed E-state index contributed by atoms with van der Waals surface area (Å²) in [5.41, 5.74) is 0. The number of hydrogen-bond donors (Lipinski definition) is 1. The van der Waals surface area contributed by atoms with E-state index < -0.39 is 0 Å². The van der Waals surface area contributed by atoms with Crippen LogP contribution in [-0.4, -0.2) is 13.1 Å². The Hall–Kier alpha value is -0.0400. The second-order valence-corrected chi connectivity index (χ2v) is 6.41. The van der Waals surface area contributed by atoms with Crippen molar-refractivity contribution in [2.24, 2.45) is 23.7 Å². The molecule has 5 unspecified atom stereocenters. The van der Waals surface area contributed by atoms with Gasteiger partial charge in [0.15, 0.2) is 0 Å². The SMILES string of the molecule is CCC(C)CC(CC1CC2CCC1C2)NC. The molecule has 1 N–H and O–H groups in total. The second kappa shape index (κ2) is 5.53. The van der Waals surface area contributed by atoms with E-state index in [1.54, 1.807) is 12.8 Å². The third kappa shape index (κ3) is 2.80. The first kappa shape index (κ1) is 12.4. The number of nitrogens with one attached hydrogen (secondary N) is 1. The topological polar surface area (TPSA) is 12.0 Å². The molecule has 0 saturated heterocycles. The fourth-order valence-electron chi connectivity index (χ4n) is 4.01. The summed E-state index contributed by atoms with van der Waals surface area (Å²) in [5, 5.41) is 3.55. The molecule has 1 heteroatoms. The van der Waals surface area contributed by atoms with Gasteiger partial charge >= 0.3 is 0 Å². The van der Waals surface area contributed by atoms with Crippen molar-refractivity contribution < 1.29 is 0 Å². The summed E-state index contributed by atoms with van der Waals surface area (Å²) in [6, 6.07) is 0.777. The van der Waals surface area contributed by atoms with Gasteiger partial charge in [-0.15, -0.1) is 0 Å². The fourth-order valence-corrected chi connectivity index (χ4v) is 4.01. The molecular formula is C15H29N. The van der Waals surface area contributed by atoms with Crippen molar-refractivity contribution in [3.05, 3.63) is 0 Å². The molecule has 0 aromatic rings. The zero-order chi connectivity index (χ0) is 11.5. The molecule has 0 heterocycles. The van der Waals surface area contributed by atoms with Gasteiger partial charge in [-0.1, -0.05) is 26.7 Å². The molecule has 2 bridgehead atoms. The maximum atomic E-state index is 3.55. The molecule has 2 fully saturated rings. The van der Waals surface area contributed by atoms with E-state index in [9.17, 15) is 0 Å². The Bertz CT molecular complexity index is 213. The van der Waals surface area contributed by atoms with Gasteiger partial charge < -0.3 is 5.32 Å². The Morgan fingerprint density at radius 2 is 2.06 bits per heavy atom. The van der Waals surface area contributed by atoms with E-state index in [-0.39, 0.29) is 0 Å². The minimum absolute atomic E-state index is 0.777. The zero-order valence-electron chi connectivity index (χ0n) is 11.3. The van der Waals surface area contributed by atoms with Gasteiger partial charge in [-0.05, 0) is 62.8 Å². The third-order valence-electron chi connectivity index (χ3n) is 5.26. The van der Waals surface area contributed by atoms with Gasteiger partial charge in [-0.3, -0.25) is 0 Å². The van der Waals surface area contributed by atoms with Gasteiger partial charge in [0.1, 0.15) is 0 Å². The normalized spacial score (nSPS) is 36.6. The Kier molecular flexibility index (Phi) is 4.29. The van der Waals surface area contributed by atoms with E-state index in [1.165, 1.54) is 32.1 Å². The van der Waals surface area contributed by atoms with Crippen LogP contribution < -0.4 is 5.32 Å². The Balaban J connectivity index is 1.78. The average Bonchev–Trinajstić information content (AvgIpc) is 2.89. The van der Waals surface area contributed by atoms with Gasteiger partial charge in [0.05, 0.1) is 0 Å². The lowest BCUT2D eigenvalue weighted by Gasteiger charge is -2.28. The first-order chi connectivity index (χ1) is 7.72. The predicted molar refractivity (Wildman–Crippen MR) is 70.5 cm³/mol. The van der Waals surface area contributed by atoms with Crippen LogP contribution in [0.4, 0.5) is 0 Å². The Morgan fingerprint density at radius 1 is 1.25 bits per heavy atom. The highest BCUT2D eigenvalue weighted by atomic mass is 14.9. The second-order valence-electron chi connectivity index (χ2n) is 6.41. The van der Waals surface area contributed by atoms with Crippen LogP contribution in [0.15, 0.2) is 0 Å². The van der Waals surface area contributed by atoms with Crippen LogP contribution in [0, 0.1) is 23.7 Å². The van der Waals surface area contributed by atoms with Crippen molar-refractivity contribution in [3.63, 3.8) is 0 Å². The summed E-state index contributed by atoms with van der Waals surface area (Å²) in [6.45, 7) is 4.71. The number of rotatable bonds is 6. The molecule has 0 spiro atoms. The summed E-state index contributed by atoms with van der Waals surface area (Å²) in [7, 11) is 2.15. The Labute approximate surface area is 101 Å². The Morgan fingerprint density at radius 3 is 2.56 bits per heavy atom. The third-order valence-corrected chi connectivity index (χ3v) is 5.26. The van der Waals surface area contributed by atoms with Gasteiger partial charge in [0.25, 0.3) is 0 Å². The van der Waals surface area contributed by atoms with Gasteiger partial charge in [-0.25, -0.2) is 0 Å². The lowest BCUT2D eigenvalue weighted by atomic mass is 9.82. The minimum Gasteiger partial charge on any atom is -0.317 e. The van der Waals surface area contributed by atoms with E-state index >= 15 is 0 Å². The zero-order valence-corrected chi connectivity index (χ0v) is 11.3. The van der Waals surface area contributed by atoms with Gasteiger partial charge in [0.2, 0.25) is 0 Å². The van der Waals surface area contributed by atoms with E-state index in [4.69, 9.17) is 0 Å². The van der Waals surface area contributed by atoms with Crippen LogP contribution in [0.5, 0.6) is 0 Å². The molecule has 16 heavy (non-hydrogen) atoms. The van der Waals surface area contributed by atoms with Crippen molar-refractivity contribution in [1.29, 1.82) is 0 Å². The standard InChI is InChI=1S/C15H29N/c1-4-11(2)7-15(16-3)10-14-9-12-5-6-13(14)8-12/h11-16H,4-10H2,1-3H3. The highest BCUT2D eigenvalue weighted by molar-refractivity contribution is 4.91. The lowest BCUT2D eigenvalue weighted by molar-refractivity contribution is 0.263. The number of hydrogen-bond acceptors (Lipinski definition) is 1. The van der Waals surface area contributed by atoms with Crippen LogP contribution in [0.25, 0.3) is 0 Å². The number of fused-ring (bicyclic) bond motifs is 2. The molecule has 2 aliphatic carbocycles. The molecule has 2 saturated carbocycles. The molecular weight excluding hydrogens is 194 g/mol. The maximum Gasteiger partial charge on any atom is 0.00693 e. The monoisotopic (exact) mass is 223 g/mol. The van der Waals surface area contributed by atoms with Crippen LogP contribution in [0.3, 0.4) is 0 Å². The largest absolute Gasteiger partial charge is 0.317 e. The highest BCUT2D eigenvalue weighted by Crippen LogP contribution is 2.50. The van der Waals surface area contributed by atoms with Crippen molar-refractivity contribution in [2.45, 2.75) is 64.8 Å². The first-order valence-electron chi connectivity index (χ1n) is 7.40. The molecule has 0 amide bonds. The molecule has 0 aliphatic heterocycles. The van der Waals surface area contributed by atoms with E-state index in [0.29, 0.717) is 0 Å². The van der Waals surface area contributed by atoms with Crippen LogP contribution in [-0.2, 0) is 0 Å². The predicted octanol–water partition coefficient (Wildman–Crippen LogP) is 3.84. The molecule has 0 aromatic carbocycles. The smallest absolute Gasteiger partial charge is 0.00693 e. The molecule has 2 aliphatic rings.